The molecular weight excluding hydrogens is 224 g/mol. The Morgan fingerprint density at radius 3 is 1.29 bits per heavy atom. The number of aliphatic carboxylic acids is 2. The molecule has 0 bridgehead atoms. The lowest BCUT2D eigenvalue weighted by molar-refractivity contribution is -0.135. The highest BCUT2D eigenvalue weighted by Crippen LogP contribution is 1.91. The molecule has 0 fully saturated rings. The van der Waals surface area contributed by atoms with Gasteiger partial charge in [-0.05, 0) is 12.8 Å². The fourth-order valence-corrected chi connectivity index (χ4v) is 0.595. The maximum Gasteiger partial charge on any atom is 0.300 e. The zero-order valence-electron chi connectivity index (χ0n) is 11.4. The second-order valence-electron chi connectivity index (χ2n) is 3.36. The summed E-state index contributed by atoms with van der Waals surface area (Å²) in [6.45, 7) is 8.44. The van der Waals surface area contributed by atoms with E-state index in [1.54, 1.807) is 0 Å². The highest BCUT2D eigenvalue weighted by atomic mass is 16.5. The van der Waals surface area contributed by atoms with Crippen molar-refractivity contribution in [3.8, 4) is 0 Å². The Bertz CT molecular complexity index is 142. The molecule has 0 rings (SSSR count). The minimum atomic E-state index is -0.833. The topological polar surface area (TPSA) is 83.8 Å². The van der Waals surface area contributed by atoms with E-state index in [4.69, 9.17) is 24.5 Å². The fourth-order valence-electron chi connectivity index (χ4n) is 0.595. The van der Waals surface area contributed by atoms with Crippen LogP contribution in [0.1, 0.15) is 53.4 Å². The van der Waals surface area contributed by atoms with Crippen LogP contribution in [0, 0.1) is 0 Å². The summed E-state index contributed by atoms with van der Waals surface area (Å²) in [4.78, 5) is 18.0. The Morgan fingerprint density at radius 1 is 0.882 bits per heavy atom. The van der Waals surface area contributed by atoms with E-state index in [1.165, 1.54) is 25.7 Å². The van der Waals surface area contributed by atoms with Gasteiger partial charge in [0.05, 0.1) is 0 Å². The van der Waals surface area contributed by atoms with Gasteiger partial charge in [0.15, 0.2) is 0 Å². The molecule has 5 heteroatoms. The van der Waals surface area contributed by atoms with Gasteiger partial charge in [0.25, 0.3) is 11.9 Å². The number of ether oxygens (including phenoxy) is 1. The van der Waals surface area contributed by atoms with Crippen molar-refractivity contribution in [2.45, 2.75) is 53.4 Å². The van der Waals surface area contributed by atoms with Gasteiger partial charge in [0.1, 0.15) is 0 Å². The van der Waals surface area contributed by atoms with Crippen LogP contribution in [0.25, 0.3) is 0 Å². The van der Waals surface area contributed by atoms with E-state index >= 15 is 0 Å². The minimum Gasteiger partial charge on any atom is -0.481 e. The molecule has 104 valence electrons. The van der Waals surface area contributed by atoms with Crippen molar-refractivity contribution >= 4 is 11.9 Å². The summed E-state index contributed by atoms with van der Waals surface area (Å²) in [7, 11) is 0. The van der Waals surface area contributed by atoms with Crippen LogP contribution in [0.3, 0.4) is 0 Å². The SMILES string of the molecule is CC(=O)O.CC(=O)O.CCCCOCCCC. The van der Waals surface area contributed by atoms with Crippen molar-refractivity contribution in [2.75, 3.05) is 13.2 Å². The fraction of sp³-hybridized carbons (Fsp3) is 0.833. The first-order chi connectivity index (χ1) is 7.88. The smallest absolute Gasteiger partial charge is 0.300 e. The van der Waals surface area contributed by atoms with E-state index in [9.17, 15) is 0 Å². The highest BCUT2D eigenvalue weighted by Gasteiger charge is 1.84. The van der Waals surface area contributed by atoms with Gasteiger partial charge in [-0.1, -0.05) is 26.7 Å². The molecule has 0 aliphatic carbocycles. The monoisotopic (exact) mass is 250 g/mol. The predicted molar refractivity (Wildman–Crippen MR) is 67.3 cm³/mol. The van der Waals surface area contributed by atoms with Crippen LogP contribution in [-0.4, -0.2) is 35.4 Å². The van der Waals surface area contributed by atoms with Gasteiger partial charge in [0, 0.05) is 27.1 Å². The average molecular weight is 250 g/mol. The third kappa shape index (κ3) is 103. The number of rotatable bonds is 6. The van der Waals surface area contributed by atoms with Gasteiger partial charge in [-0.2, -0.15) is 0 Å². The lowest BCUT2D eigenvalue weighted by Crippen LogP contribution is -1.95. The molecule has 0 spiro atoms. The molecular formula is C12H26O5. The molecule has 0 amide bonds. The molecule has 0 aliphatic heterocycles. The lowest BCUT2D eigenvalue weighted by Gasteiger charge is -1.99. The van der Waals surface area contributed by atoms with Crippen LogP contribution in [0.4, 0.5) is 0 Å². The lowest BCUT2D eigenvalue weighted by atomic mass is 10.3. The van der Waals surface area contributed by atoms with Crippen molar-refractivity contribution in [1.82, 2.24) is 0 Å². The molecule has 0 aromatic carbocycles. The molecule has 0 aliphatic rings. The summed E-state index contributed by atoms with van der Waals surface area (Å²) in [6.07, 6.45) is 4.91. The third-order valence-electron chi connectivity index (χ3n) is 1.28. The van der Waals surface area contributed by atoms with E-state index in [-0.39, 0.29) is 0 Å². The Labute approximate surface area is 104 Å². The van der Waals surface area contributed by atoms with Gasteiger partial charge in [-0.3, -0.25) is 9.59 Å². The Balaban J connectivity index is -0.000000205. The highest BCUT2D eigenvalue weighted by molar-refractivity contribution is 5.63. The van der Waals surface area contributed by atoms with Gasteiger partial charge in [-0.15, -0.1) is 0 Å². The molecule has 0 aromatic rings. The second-order valence-corrected chi connectivity index (χ2v) is 3.36. The number of hydrogen-bond donors (Lipinski definition) is 2. The van der Waals surface area contributed by atoms with Crippen molar-refractivity contribution in [3.05, 3.63) is 0 Å². The largest absolute Gasteiger partial charge is 0.481 e. The first-order valence-corrected chi connectivity index (χ1v) is 5.85. The van der Waals surface area contributed by atoms with Gasteiger partial charge in [-0.25, -0.2) is 0 Å². The van der Waals surface area contributed by atoms with E-state index in [0.717, 1.165) is 27.1 Å². The van der Waals surface area contributed by atoms with Crippen LogP contribution in [-0.2, 0) is 14.3 Å². The zero-order valence-corrected chi connectivity index (χ0v) is 11.4. The maximum atomic E-state index is 9.00. The number of carboxylic acid groups (broad SMARTS) is 2. The summed E-state index contributed by atoms with van der Waals surface area (Å²) >= 11 is 0. The number of unbranched alkanes of at least 4 members (excludes halogenated alkanes) is 2. The van der Waals surface area contributed by atoms with E-state index in [1.807, 2.05) is 0 Å². The quantitative estimate of drug-likeness (QED) is 0.708. The molecule has 0 saturated carbocycles. The number of carbonyl (C=O) groups is 2. The summed E-state index contributed by atoms with van der Waals surface area (Å²) in [6, 6.07) is 0. The van der Waals surface area contributed by atoms with Gasteiger partial charge in [0.2, 0.25) is 0 Å². The molecule has 0 saturated heterocycles. The predicted octanol–water partition coefficient (Wildman–Crippen LogP) is 2.79. The van der Waals surface area contributed by atoms with Crippen LogP contribution in [0.5, 0.6) is 0 Å². The summed E-state index contributed by atoms with van der Waals surface area (Å²) in [5, 5.41) is 14.8. The molecule has 0 radical (unpaired) electrons. The van der Waals surface area contributed by atoms with Crippen LogP contribution < -0.4 is 0 Å². The van der Waals surface area contributed by atoms with Crippen molar-refractivity contribution in [1.29, 1.82) is 0 Å². The van der Waals surface area contributed by atoms with Crippen LogP contribution in [0.2, 0.25) is 0 Å². The molecule has 5 nitrogen and oxygen atoms in total. The number of carboxylic acids is 2. The van der Waals surface area contributed by atoms with E-state index in [2.05, 4.69) is 13.8 Å². The normalized spacial score (nSPS) is 8.24. The summed E-state index contributed by atoms with van der Waals surface area (Å²) in [5.74, 6) is -1.67. The Morgan fingerprint density at radius 2 is 1.12 bits per heavy atom. The zero-order chi connectivity index (χ0) is 14.1. The van der Waals surface area contributed by atoms with E-state index < -0.39 is 11.9 Å². The third-order valence-corrected chi connectivity index (χ3v) is 1.28. The summed E-state index contributed by atoms with van der Waals surface area (Å²) in [5.41, 5.74) is 0. The summed E-state index contributed by atoms with van der Waals surface area (Å²) < 4.78 is 5.31. The molecule has 2 N–H and O–H groups in total. The maximum absolute atomic E-state index is 9.00. The van der Waals surface area contributed by atoms with Gasteiger partial charge >= 0.3 is 0 Å². The Kier molecular flexibility index (Phi) is 25.4. The van der Waals surface area contributed by atoms with E-state index in [0.29, 0.717) is 0 Å². The first-order valence-electron chi connectivity index (χ1n) is 5.85. The van der Waals surface area contributed by atoms with Crippen molar-refractivity contribution in [3.63, 3.8) is 0 Å². The van der Waals surface area contributed by atoms with Crippen LogP contribution >= 0.6 is 0 Å². The van der Waals surface area contributed by atoms with Crippen LogP contribution in [0.15, 0.2) is 0 Å². The second kappa shape index (κ2) is 20.3. The molecule has 17 heavy (non-hydrogen) atoms. The minimum absolute atomic E-state index is 0.833. The first kappa shape index (κ1) is 21.2. The standard InChI is InChI=1S/C8H18O.2C2H4O2/c1-3-5-7-9-8-6-4-2;2*1-2(3)4/h3-8H2,1-2H3;2*1H3,(H,3,4). The number of hydrogen-bond acceptors (Lipinski definition) is 3. The van der Waals surface area contributed by atoms with Gasteiger partial charge < -0.3 is 14.9 Å². The molecule has 0 aromatic heterocycles. The molecule has 0 heterocycles. The average Bonchev–Trinajstić information content (AvgIpc) is 2.16. The molecule has 0 atom stereocenters. The molecule has 0 unspecified atom stereocenters. The van der Waals surface area contributed by atoms with Crippen molar-refractivity contribution in [2.24, 2.45) is 0 Å². The van der Waals surface area contributed by atoms with Crippen molar-refractivity contribution < 1.29 is 24.5 Å². The Hall–Kier alpha value is -1.10.